The van der Waals surface area contributed by atoms with E-state index in [1.165, 1.54) is 47.2 Å². The average Bonchev–Trinajstić information content (AvgIpc) is 2.54. The van der Waals surface area contributed by atoms with Crippen molar-refractivity contribution < 1.29 is 13.2 Å². The summed E-state index contributed by atoms with van der Waals surface area (Å²) in [6.07, 6.45) is 1.41. The fourth-order valence-corrected chi connectivity index (χ4v) is 3.05. The second-order valence-corrected chi connectivity index (χ2v) is 7.18. The van der Waals surface area contributed by atoms with Crippen LogP contribution in [0.25, 0.3) is 0 Å². The van der Waals surface area contributed by atoms with E-state index in [-0.39, 0.29) is 23.5 Å². The first-order valence-electron chi connectivity index (χ1n) is 7.00. The number of nitrogens with zero attached hydrogens (tertiary/aromatic N) is 1. The molecule has 0 saturated carbocycles. The Bertz CT molecular complexity index is 892. The van der Waals surface area contributed by atoms with Crippen molar-refractivity contribution in [3.63, 3.8) is 0 Å². The highest BCUT2D eigenvalue weighted by molar-refractivity contribution is 7.89. The molecule has 1 amide bonds. The number of nitrogens with one attached hydrogen (secondary N) is 2. The third kappa shape index (κ3) is 4.67. The number of aromatic nitrogens is 1. The number of pyridine rings is 1. The molecule has 2 N–H and O–H groups in total. The summed E-state index contributed by atoms with van der Waals surface area (Å²) in [5, 5.41) is 3.02. The normalized spacial score (nSPS) is 11.2. The molecule has 0 fully saturated rings. The lowest BCUT2D eigenvalue weighted by Crippen LogP contribution is -2.35. The van der Waals surface area contributed by atoms with Crippen LogP contribution in [0.4, 0.5) is 0 Å². The monoisotopic (exact) mass is 369 g/mol. The predicted octanol–water partition coefficient (Wildman–Crippen LogP) is 0.747. The molecule has 0 aliphatic heterocycles. The van der Waals surface area contributed by atoms with E-state index in [0.717, 1.165) is 0 Å². The number of benzene rings is 1. The van der Waals surface area contributed by atoms with Crippen LogP contribution in [0, 0.1) is 0 Å². The Kier molecular flexibility index (Phi) is 5.76. The van der Waals surface area contributed by atoms with E-state index in [4.69, 9.17) is 11.6 Å². The summed E-state index contributed by atoms with van der Waals surface area (Å²) in [5.74, 6) is -0.392. The van der Waals surface area contributed by atoms with Gasteiger partial charge in [0.1, 0.15) is 0 Å². The van der Waals surface area contributed by atoms with Gasteiger partial charge in [0.2, 0.25) is 15.6 Å². The van der Waals surface area contributed by atoms with Crippen LogP contribution in [0.2, 0.25) is 5.02 Å². The van der Waals surface area contributed by atoms with Crippen LogP contribution in [0.15, 0.2) is 52.3 Å². The largest absolute Gasteiger partial charge is 0.351 e. The van der Waals surface area contributed by atoms with Gasteiger partial charge in [-0.2, -0.15) is 0 Å². The number of carbonyl (C=O) groups is 1. The Morgan fingerprint density at radius 1 is 1.12 bits per heavy atom. The Balaban J connectivity index is 1.87. The van der Waals surface area contributed by atoms with Crippen molar-refractivity contribution in [1.29, 1.82) is 0 Å². The zero-order chi connectivity index (χ0) is 17.7. The molecule has 1 aromatic carbocycles. The number of amides is 1. The molecule has 0 radical (unpaired) electrons. The molecule has 0 unspecified atom stereocenters. The molecule has 7 nitrogen and oxygen atoms in total. The van der Waals surface area contributed by atoms with E-state index in [1.807, 2.05) is 0 Å². The van der Waals surface area contributed by atoms with Crippen molar-refractivity contribution in [2.45, 2.75) is 4.90 Å². The molecular formula is C15H16ClN3O4S. The third-order valence-corrected chi connectivity index (χ3v) is 4.90. The van der Waals surface area contributed by atoms with Crippen LogP contribution in [-0.4, -0.2) is 32.0 Å². The van der Waals surface area contributed by atoms with Crippen LogP contribution >= 0.6 is 11.6 Å². The molecule has 9 heteroatoms. The zero-order valence-electron chi connectivity index (χ0n) is 12.8. The minimum Gasteiger partial charge on any atom is -0.351 e. The van der Waals surface area contributed by atoms with Gasteiger partial charge in [-0.1, -0.05) is 11.6 Å². The average molecular weight is 370 g/mol. The maximum Gasteiger partial charge on any atom is 0.252 e. The topological polar surface area (TPSA) is 97.3 Å². The van der Waals surface area contributed by atoms with Gasteiger partial charge >= 0.3 is 0 Å². The summed E-state index contributed by atoms with van der Waals surface area (Å²) in [6, 6.07) is 8.46. The van der Waals surface area contributed by atoms with E-state index >= 15 is 0 Å². The fourth-order valence-electron chi connectivity index (χ4n) is 1.89. The molecule has 0 saturated heterocycles. The smallest absolute Gasteiger partial charge is 0.252 e. The van der Waals surface area contributed by atoms with Gasteiger partial charge in [-0.15, -0.1) is 0 Å². The summed E-state index contributed by atoms with van der Waals surface area (Å²) in [5.41, 5.74) is 0.0972. The maximum atomic E-state index is 12.0. The van der Waals surface area contributed by atoms with E-state index in [1.54, 1.807) is 7.05 Å². The van der Waals surface area contributed by atoms with Crippen molar-refractivity contribution >= 4 is 27.5 Å². The minimum atomic E-state index is -3.66. The lowest BCUT2D eigenvalue weighted by Gasteiger charge is -2.08. The highest BCUT2D eigenvalue weighted by Gasteiger charge is 2.13. The van der Waals surface area contributed by atoms with E-state index in [9.17, 15) is 18.0 Å². The molecule has 128 valence electrons. The molecule has 1 heterocycles. The standard InChI is InChI=1S/C15H16ClN3O4S/c1-19-10-11(2-7-14(19)20)15(21)17-8-9-18-24(22,23)13-5-3-12(16)4-6-13/h2-7,10,18H,8-9H2,1H3,(H,17,21). The summed E-state index contributed by atoms with van der Waals surface area (Å²) >= 11 is 5.72. The lowest BCUT2D eigenvalue weighted by atomic mass is 10.2. The van der Waals surface area contributed by atoms with Crippen LogP contribution in [-0.2, 0) is 17.1 Å². The highest BCUT2D eigenvalue weighted by atomic mass is 35.5. The van der Waals surface area contributed by atoms with Gasteiger partial charge in [0.25, 0.3) is 5.91 Å². The lowest BCUT2D eigenvalue weighted by molar-refractivity contribution is 0.0953. The van der Waals surface area contributed by atoms with E-state index < -0.39 is 15.9 Å². The molecule has 2 rings (SSSR count). The predicted molar refractivity (Wildman–Crippen MR) is 90.7 cm³/mol. The van der Waals surface area contributed by atoms with Crippen molar-refractivity contribution in [3.05, 3.63) is 63.5 Å². The Hall–Kier alpha value is -2.16. The van der Waals surface area contributed by atoms with Gasteiger partial charge in [0.05, 0.1) is 10.5 Å². The number of hydrogen-bond donors (Lipinski definition) is 2. The van der Waals surface area contributed by atoms with Gasteiger partial charge in [0.15, 0.2) is 0 Å². The molecule has 0 spiro atoms. The van der Waals surface area contributed by atoms with Gasteiger partial charge in [-0.3, -0.25) is 9.59 Å². The first-order chi connectivity index (χ1) is 11.3. The van der Waals surface area contributed by atoms with Crippen molar-refractivity contribution in [3.8, 4) is 0 Å². The molecule has 1 aromatic heterocycles. The Morgan fingerprint density at radius 3 is 2.42 bits per heavy atom. The summed E-state index contributed by atoms with van der Waals surface area (Å²) in [4.78, 5) is 23.3. The Labute approximate surface area is 144 Å². The first-order valence-corrected chi connectivity index (χ1v) is 8.86. The second kappa shape index (κ2) is 7.61. The van der Waals surface area contributed by atoms with E-state index in [2.05, 4.69) is 10.0 Å². The third-order valence-electron chi connectivity index (χ3n) is 3.17. The van der Waals surface area contributed by atoms with Gasteiger partial charge < -0.3 is 9.88 Å². The van der Waals surface area contributed by atoms with Crippen LogP contribution in [0.1, 0.15) is 10.4 Å². The first kappa shape index (κ1) is 18.2. The molecule has 0 atom stereocenters. The molecular weight excluding hydrogens is 354 g/mol. The summed E-state index contributed by atoms with van der Waals surface area (Å²) in [7, 11) is -2.12. The van der Waals surface area contributed by atoms with E-state index in [0.29, 0.717) is 10.6 Å². The minimum absolute atomic E-state index is 0.0302. The summed E-state index contributed by atoms with van der Waals surface area (Å²) < 4.78 is 27.7. The number of sulfonamides is 1. The number of carbonyl (C=O) groups excluding carboxylic acids is 1. The fraction of sp³-hybridized carbons (Fsp3) is 0.200. The molecule has 0 bridgehead atoms. The van der Waals surface area contributed by atoms with Crippen LogP contribution in [0.5, 0.6) is 0 Å². The SMILES string of the molecule is Cn1cc(C(=O)NCCNS(=O)(=O)c2ccc(Cl)cc2)ccc1=O. The number of rotatable bonds is 6. The second-order valence-electron chi connectivity index (χ2n) is 4.97. The quantitative estimate of drug-likeness (QED) is 0.734. The van der Waals surface area contributed by atoms with Crippen molar-refractivity contribution in [2.24, 2.45) is 7.05 Å². The Morgan fingerprint density at radius 2 is 1.79 bits per heavy atom. The highest BCUT2D eigenvalue weighted by Crippen LogP contribution is 2.13. The van der Waals surface area contributed by atoms with Gasteiger partial charge in [-0.25, -0.2) is 13.1 Å². The molecule has 0 aliphatic carbocycles. The van der Waals surface area contributed by atoms with Crippen molar-refractivity contribution in [1.82, 2.24) is 14.6 Å². The van der Waals surface area contributed by atoms with Crippen LogP contribution in [0.3, 0.4) is 0 Å². The number of aryl methyl sites for hydroxylation is 1. The molecule has 24 heavy (non-hydrogen) atoms. The molecule has 2 aromatic rings. The number of halogens is 1. The van der Waals surface area contributed by atoms with Gasteiger partial charge in [0, 0.05) is 37.4 Å². The summed E-state index contributed by atoms with van der Waals surface area (Å²) in [6.45, 7) is 0.136. The van der Waals surface area contributed by atoms with Gasteiger partial charge in [-0.05, 0) is 30.3 Å². The maximum absolute atomic E-state index is 12.0. The van der Waals surface area contributed by atoms with Crippen molar-refractivity contribution in [2.75, 3.05) is 13.1 Å². The zero-order valence-corrected chi connectivity index (χ0v) is 14.4. The molecule has 0 aliphatic rings. The number of hydrogen-bond acceptors (Lipinski definition) is 4. The van der Waals surface area contributed by atoms with Crippen LogP contribution < -0.4 is 15.6 Å².